The predicted octanol–water partition coefficient (Wildman–Crippen LogP) is 7.90. The van der Waals surface area contributed by atoms with Gasteiger partial charge in [-0.3, -0.25) is 0 Å². The highest BCUT2D eigenvalue weighted by molar-refractivity contribution is 5.86. The van der Waals surface area contributed by atoms with Crippen molar-refractivity contribution in [3.05, 3.63) is 11.3 Å². The van der Waals surface area contributed by atoms with E-state index in [9.17, 15) is 9.90 Å². The molecule has 7 rings (SSSR count). The molecule has 0 aromatic rings. The maximum atomic E-state index is 12.6. The maximum Gasteiger partial charge on any atom is 0.334 e. The van der Waals surface area contributed by atoms with Crippen LogP contribution in [0.5, 0.6) is 0 Å². The molecule has 1 N–H and O–H groups in total. The highest BCUT2D eigenvalue weighted by Crippen LogP contribution is 2.68. The largest absolute Gasteiger partial charge is 0.497 e. The number of ether oxygens (including phenoxy) is 6. The SMILES string of the molecule is CCC1(CCCOC(=C(C)C(=O)O)C23CC4CC(OCCCC5(CC)CCO5)(CC(OCCCC5(CC)CCO5)(C4)C2)C3)CCO1. The Morgan fingerprint density at radius 2 is 1.13 bits per heavy atom. The molecule has 3 saturated heterocycles. The molecule has 0 aromatic carbocycles. The van der Waals surface area contributed by atoms with E-state index in [2.05, 4.69) is 20.8 Å². The predicted molar refractivity (Wildman–Crippen MR) is 176 cm³/mol. The minimum Gasteiger partial charge on any atom is -0.497 e. The van der Waals surface area contributed by atoms with Crippen LogP contribution < -0.4 is 0 Å². The summed E-state index contributed by atoms with van der Waals surface area (Å²) in [5.74, 6) is 0.224. The molecule has 5 atom stereocenters. The van der Waals surface area contributed by atoms with Crippen LogP contribution in [0.4, 0.5) is 0 Å². The van der Waals surface area contributed by atoms with Gasteiger partial charge in [0.05, 0.1) is 60.0 Å². The van der Waals surface area contributed by atoms with Crippen LogP contribution in [0.2, 0.25) is 0 Å². The first-order chi connectivity index (χ1) is 22.1. The molecule has 7 aliphatic rings. The van der Waals surface area contributed by atoms with Crippen molar-refractivity contribution in [1.82, 2.24) is 0 Å². The first-order valence-electron chi connectivity index (χ1n) is 18.8. The molecule has 4 aliphatic carbocycles. The molecule has 3 heterocycles. The van der Waals surface area contributed by atoms with Gasteiger partial charge in [0.15, 0.2) is 0 Å². The van der Waals surface area contributed by atoms with Crippen LogP contribution in [0.3, 0.4) is 0 Å². The van der Waals surface area contributed by atoms with E-state index < -0.39 is 5.97 Å². The van der Waals surface area contributed by atoms with Crippen molar-refractivity contribution >= 4 is 5.97 Å². The zero-order valence-corrected chi connectivity index (χ0v) is 29.4. The van der Waals surface area contributed by atoms with Gasteiger partial charge in [-0.05, 0) is 122 Å². The highest BCUT2D eigenvalue weighted by Gasteiger charge is 2.66. The third-order valence-electron chi connectivity index (χ3n) is 13.3. The van der Waals surface area contributed by atoms with Gasteiger partial charge in [0.25, 0.3) is 0 Å². The third-order valence-corrected chi connectivity index (χ3v) is 13.3. The smallest absolute Gasteiger partial charge is 0.334 e. The van der Waals surface area contributed by atoms with E-state index in [0.29, 0.717) is 37.1 Å². The Hall–Kier alpha value is -1.19. The molecule has 5 unspecified atom stereocenters. The van der Waals surface area contributed by atoms with Crippen LogP contribution in [0, 0.1) is 11.3 Å². The van der Waals surface area contributed by atoms with E-state index in [-0.39, 0.29) is 33.4 Å². The minimum atomic E-state index is -0.890. The Morgan fingerprint density at radius 1 is 0.696 bits per heavy atom. The molecule has 8 nitrogen and oxygen atoms in total. The average Bonchev–Trinajstić information content (AvgIpc) is 2.95. The molecule has 0 amide bonds. The molecule has 4 bridgehead atoms. The quantitative estimate of drug-likeness (QED) is 0.0811. The van der Waals surface area contributed by atoms with Crippen molar-refractivity contribution < 1.29 is 38.3 Å². The van der Waals surface area contributed by atoms with Gasteiger partial charge in [0.1, 0.15) is 5.76 Å². The lowest BCUT2D eigenvalue weighted by Crippen LogP contribution is -2.65. The van der Waals surface area contributed by atoms with Gasteiger partial charge >= 0.3 is 5.97 Å². The Morgan fingerprint density at radius 3 is 1.50 bits per heavy atom. The second-order valence-electron chi connectivity index (χ2n) is 16.2. The summed E-state index contributed by atoms with van der Waals surface area (Å²) in [5, 5.41) is 10.3. The van der Waals surface area contributed by atoms with Gasteiger partial charge in [-0.1, -0.05) is 20.8 Å². The summed E-state index contributed by atoms with van der Waals surface area (Å²) in [6.45, 7) is 12.9. The number of hydrogen-bond donors (Lipinski definition) is 1. The molecule has 4 saturated carbocycles. The van der Waals surface area contributed by atoms with Crippen LogP contribution in [-0.4, -0.2) is 78.7 Å². The van der Waals surface area contributed by atoms with E-state index >= 15 is 0 Å². The molecule has 8 heteroatoms. The van der Waals surface area contributed by atoms with Crippen LogP contribution in [-0.2, 0) is 33.2 Å². The van der Waals surface area contributed by atoms with Gasteiger partial charge in [-0.15, -0.1) is 0 Å². The Kier molecular flexibility index (Phi) is 10.3. The zero-order valence-electron chi connectivity index (χ0n) is 29.4. The first-order valence-corrected chi connectivity index (χ1v) is 18.8. The average molecular weight is 647 g/mol. The molecule has 262 valence electrons. The summed E-state index contributed by atoms with van der Waals surface area (Å²) in [6, 6.07) is 0. The van der Waals surface area contributed by atoms with Gasteiger partial charge < -0.3 is 33.5 Å². The highest BCUT2D eigenvalue weighted by atomic mass is 16.5. The maximum absolute atomic E-state index is 12.6. The van der Waals surface area contributed by atoms with Crippen LogP contribution >= 0.6 is 0 Å². The number of hydrogen-bond acceptors (Lipinski definition) is 7. The summed E-state index contributed by atoms with van der Waals surface area (Å²) in [5.41, 5.74) is -0.620. The lowest BCUT2D eigenvalue weighted by molar-refractivity contribution is -0.262. The Bertz CT molecular complexity index is 1040. The van der Waals surface area contributed by atoms with E-state index in [4.69, 9.17) is 28.4 Å². The fourth-order valence-corrected chi connectivity index (χ4v) is 10.7. The van der Waals surface area contributed by atoms with Crippen LogP contribution in [0.1, 0.15) is 143 Å². The van der Waals surface area contributed by atoms with Crippen molar-refractivity contribution in [1.29, 1.82) is 0 Å². The lowest BCUT2D eigenvalue weighted by atomic mass is 9.45. The van der Waals surface area contributed by atoms with Gasteiger partial charge in [-0.2, -0.15) is 0 Å². The number of rotatable bonds is 20. The second kappa shape index (κ2) is 13.6. The number of allylic oxidation sites excluding steroid dienone is 1. The van der Waals surface area contributed by atoms with E-state index in [0.717, 1.165) is 135 Å². The summed E-state index contributed by atoms with van der Waals surface area (Å²) in [4.78, 5) is 12.6. The molecule has 46 heavy (non-hydrogen) atoms. The summed E-state index contributed by atoms with van der Waals surface area (Å²) >= 11 is 0. The second-order valence-corrected chi connectivity index (χ2v) is 16.2. The van der Waals surface area contributed by atoms with E-state index in [1.165, 1.54) is 0 Å². The van der Waals surface area contributed by atoms with Crippen molar-refractivity contribution in [2.24, 2.45) is 11.3 Å². The molecule has 0 radical (unpaired) electrons. The van der Waals surface area contributed by atoms with E-state index in [1.54, 1.807) is 6.92 Å². The Balaban J connectivity index is 1.19. The molecule has 0 aromatic heterocycles. The molecular formula is C38H62O8. The minimum absolute atomic E-state index is 0.0205. The summed E-state index contributed by atoms with van der Waals surface area (Å²) in [6.07, 6.45) is 17.8. The van der Waals surface area contributed by atoms with Crippen molar-refractivity contribution in [2.45, 2.75) is 171 Å². The van der Waals surface area contributed by atoms with Crippen LogP contribution in [0.15, 0.2) is 11.3 Å². The number of carboxylic acid groups (broad SMARTS) is 1. The van der Waals surface area contributed by atoms with E-state index in [1.807, 2.05) is 0 Å². The first kappa shape index (κ1) is 34.7. The standard InChI is InChI=1S/C38H62O8/c1-5-34(14-20-44-34)11-8-17-41-31(29(4)32(39)40)33-23-30-24-37(26-33,42-18-9-12-35(6-2)15-21-45-35)28-38(25-30,27-33)43-19-10-13-36(7-3)16-22-46-36/h30H,5-28H2,1-4H3,(H,39,40). The van der Waals surface area contributed by atoms with Gasteiger partial charge in [0, 0.05) is 25.0 Å². The van der Waals surface area contributed by atoms with Crippen molar-refractivity contribution in [3.8, 4) is 0 Å². The number of carbonyl (C=O) groups is 1. The van der Waals surface area contributed by atoms with Gasteiger partial charge in [0.2, 0.25) is 0 Å². The van der Waals surface area contributed by atoms with Crippen molar-refractivity contribution in [2.75, 3.05) is 39.6 Å². The fraction of sp³-hybridized carbons (Fsp3) is 0.921. The van der Waals surface area contributed by atoms with Crippen LogP contribution in [0.25, 0.3) is 0 Å². The normalized spacial score (nSPS) is 41.3. The Labute approximate surface area is 277 Å². The monoisotopic (exact) mass is 646 g/mol. The fourth-order valence-electron chi connectivity index (χ4n) is 10.7. The molecular weight excluding hydrogens is 584 g/mol. The number of aliphatic carboxylic acids is 1. The van der Waals surface area contributed by atoms with Crippen molar-refractivity contribution in [3.63, 3.8) is 0 Å². The summed E-state index contributed by atoms with van der Waals surface area (Å²) < 4.78 is 38.6. The topological polar surface area (TPSA) is 92.7 Å². The molecule has 7 fully saturated rings. The zero-order chi connectivity index (χ0) is 32.5. The molecule has 3 aliphatic heterocycles. The number of carboxylic acids is 1. The third kappa shape index (κ3) is 6.81. The van der Waals surface area contributed by atoms with Gasteiger partial charge in [-0.25, -0.2) is 4.79 Å². The lowest BCUT2D eigenvalue weighted by Gasteiger charge is -2.66. The summed E-state index contributed by atoms with van der Waals surface area (Å²) in [7, 11) is 0. The molecule has 0 spiro atoms.